The highest BCUT2D eigenvalue weighted by atomic mass is 79.9. The first-order valence-electron chi connectivity index (χ1n) is 9.02. The normalized spacial score (nSPS) is 11.8. The third-order valence-corrected chi connectivity index (χ3v) is 7.53. The summed E-state index contributed by atoms with van der Waals surface area (Å²) in [6, 6.07) is 17.4. The molecule has 0 radical (unpaired) electrons. The fourth-order valence-electron chi connectivity index (χ4n) is 2.64. The van der Waals surface area contributed by atoms with E-state index in [0.717, 1.165) is 24.8 Å². The van der Waals surface area contributed by atoms with E-state index in [1.807, 2.05) is 48.7 Å². The fraction of sp³-hybridized carbons (Fsp3) is 0.143. The molecule has 0 spiro atoms. The topological polar surface area (TPSA) is 78.8 Å². The number of thiophene rings is 1. The first-order valence-corrected chi connectivity index (χ1v) is 12.1. The highest BCUT2D eigenvalue weighted by Crippen LogP contribution is 2.20. The van der Waals surface area contributed by atoms with Gasteiger partial charge in [-0.2, -0.15) is 9.41 Å². The summed E-state index contributed by atoms with van der Waals surface area (Å²) in [5.74, 6) is -0.517. The number of nitrogens with one attached hydrogen (secondary N) is 1. The van der Waals surface area contributed by atoms with Crippen LogP contribution < -0.4 is 5.43 Å². The smallest absolute Gasteiger partial charge is 0.255 e. The van der Waals surface area contributed by atoms with Gasteiger partial charge >= 0.3 is 0 Å². The van der Waals surface area contributed by atoms with Crippen molar-refractivity contribution in [3.63, 3.8) is 0 Å². The Morgan fingerprint density at radius 1 is 1.13 bits per heavy atom. The largest absolute Gasteiger partial charge is 0.272 e. The summed E-state index contributed by atoms with van der Waals surface area (Å²) in [5, 5.41) is 5.89. The number of nitrogens with zero attached hydrogens (tertiary/aromatic N) is 2. The molecule has 9 heteroatoms. The average molecular weight is 506 g/mol. The van der Waals surface area contributed by atoms with E-state index < -0.39 is 15.9 Å². The third kappa shape index (κ3) is 5.85. The second kappa shape index (κ2) is 10.1. The van der Waals surface area contributed by atoms with Gasteiger partial charge in [0.05, 0.1) is 17.7 Å². The van der Waals surface area contributed by atoms with Crippen LogP contribution in [0.25, 0.3) is 0 Å². The van der Waals surface area contributed by atoms with Crippen LogP contribution in [0.3, 0.4) is 0 Å². The average Bonchev–Trinajstić information content (AvgIpc) is 3.13. The van der Waals surface area contributed by atoms with Crippen molar-refractivity contribution in [2.45, 2.75) is 18.4 Å². The van der Waals surface area contributed by atoms with Crippen LogP contribution in [0.2, 0.25) is 0 Å². The van der Waals surface area contributed by atoms with Crippen molar-refractivity contribution >= 4 is 49.4 Å². The minimum atomic E-state index is -3.88. The van der Waals surface area contributed by atoms with Gasteiger partial charge in [-0.1, -0.05) is 46.3 Å². The lowest BCUT2D eigenvalue weighted by atomic mass is 10.2. The van der Waals surface area contributed by atoms with E-state index in [0.29, 0.717) is 0 Å². The second-order valence-corrected chi connectivity index (χ2v) is 10.3. The minimum Gasteiger partial charge on any atom is -0.272 e. The molecule has 0 atom stereocenters. The van der Waals surface area contributed by atoms with Crippen molar-refractivity contribution in [2.75, 3.05) is 6.54 Å². The fourth-order valence-corrected chi connectivity index (χ4v) is 5.08. The quantitative estimate of drug-likeness (QED) is 0.368. The summed E-state index contributed by atoms with van der Waals surface area (Å²) >= 11 is 4.81. The van der Waals surface area contributed by atoms with Gasteiger partial charge < -0.3 is 0 Å². The van der Waals surface area contributed by atoms with Crippen LogP contribution >= 0.6 is 27.3 Å². The molecule has 1 amide bonds. The zero-order chi connectivity index (χ0) is 21.6. The Hall–Kier alpha value is -2.33. The first kappa shape index (κ1) is 22.4. The number of hydrogen-bond donors (Lipinski definition) is 1. The van der Waals surface area contributed by atoms with Crippen LogP contribution in [-0.2, 0) is 21.4 Å². The molecule has 3 rings (SSSR count). The molecule has 0 saturated heterocycles. The summed E-state index contributed by atoms with van der Waals surface area (Å²) in [5.41, 5.74) is 4.26. The van der Waals surface area contributed by atoms with Gasteiger partial charge in [-0.05, 0) is 53.8 Å². The van der Waals surface area contributed by atoms with Crippen LogP contribution in [0, 0.1) is 6.92 Å². The number of carbonyl (C=O) groups is 1. The van der Waals surface area contributed by atoms with Crippen LogP contribution in [0.5, 0.6) is 0 Å². The molecule has 0 bridgehead atoms. The van der Waals surface area contributed by atoms with Crippen molar-refractivity contribution in [3.8, 4) is 0 Å². The molecule has 156 valence electrons. The summed E-state index contributed by atoms with van der Waals surface area (Å²) in [4.78, 5) is 13.5. The number of halogens is 1. The molecule has 0 unspecified atom stereocenters. The highest BCUT2D eigenvalue weighted by molar-refractivity contribution is 9.10. The van der Waals surface area contributed by atoms with Crippen molar-refractivity contribution in [2.24, 2.45) is 5.10 Å². The lowest BCUT2D eigenvalue weighted by molar-refractivity contribution is -0.121. The summed E-state index contributed by atoms with van der Waals surface area (Å²) in [6.45, 7) is 1.67. The van der Waals surface area contributed by atoms with E-state index in [2.05, 4.69) is 26.5 Å². The van der Waals surface area contributed by atoms with Crippen molar-refractivity contribution in [3.05, 3.63) is 86.5 Å². The van der Waals surface area contributed by atoms with Gasteiger partial charge in [0.15, 0.2) is 0 Å². The number of carbonyl (C=O) groups excluding carboxylic acids is 1. The van der Waals surface area contributed by atoms with Gasteiger partial charge in [0, 0.05) is 15.9 Å². The standard InChI is InChI=1S/C21H20BrN3O3S2/c1-16-11-12-29-20(16)13-23-24-21(26)15-25(14-17-5-3-2-4-6-17)30(27,28)19-9-7-18(22)8-10-19/h2-13H,14-15H2,1H3,(H,24,26)/b23-13-. The van der Waals surface area contributed by atoms with E-state index >= 15 is 0 Å². The van der Waals surface area contributed by atoms with E-state index in [4.69, 9.17) is 0 Å². The Balaban J connectivity index is 1.78. The molecule has 2 aromatic carbocycles. The minimum absolute atomic E-state index is 0.0698. The molecule has 1 N–H and O–H groups in total. The van der Waals surface area contributed by atoms with E-state index in [9.17, 15) is 13.2 Å². The molecule has 6 nitrogen and oxygen atoms in total. The Morgan fingerprint density at radius 2 is 1.83 bits per heavy atom. The van der Waals surface area contributed by atoms with Crippen LogP contribution in [0.4, 0.5) is 0 Å². The summed E-state index contributed by atoms with van der Waals surface area (Å²) in [6.07, 6.45) is 1.56. The number of sulfonamides is 1. The molecule has 0 aliphatic rings. The van der Waals surface area contributed by atoms with E-state index in [1.54, 1.807) is 18.3 Å². The lowest BCUT2D eigenvalue weighted by Gasteiger charge is -2.21. The van der Waals surface area contributed by atoms with Crippen LogP contribution in [-0.4, -0.2) is 31.4 Å². The number of amides is 1. The van der Waals surface area contributed by atoms with E-state index in [-0.39, 0.29) is 18.0 Å². The Kier molecular flexibility index (Phi) is 7.54. The second-order valence-electron chi connectivity index (χ2n) is 6.47. The van der Waals surface area contributed by atoms with Crippen molar-refractivity contribution in [1.29, 1.82) is 0 Å². The van der Waals surface area contributed by atoms with Gasteiger partial charge in [-0.25, -0.2) is 13.8 Å². The molecular weight excluding hydrogens is 486 g/mol. The number of hydrogen-bond acceptors (Lipinski definition) is 5. The number of aryl methyl sites for hydroxylation is 1. The van der Waals surface area contributed by atoms with Crippen LogP contribution in [0.15, 0.2) is 80.5 Å². The molecule has 0 fully saturated rings. The molecule has 0 aliphatic carbocycles. The molecule has 1 aromatic heterocycles. The number of hydrazone groups is 1. The van der Waals surface area contributed by atoms with Gasteiger partial charge in [-0.3, -0.25) is 4.79 Å². The summed E-state index contributed by atoms with van der Waals surface area (Å²) < 4.78 is 28.3. The van der Waals surface area contributed by atoms with Crippen molar-refractivity contribution < 1.29 is 13.2 Å². The van der Waals surface area contributed by atoms with Gasteiger partial charge in [-0.15, -0.1) is 11.3 Å². The maximum Gasteiger partial charge on any atom is 0.255 e. The van der Waals surface area contributed by atoms with Gasteiger partial charge in [0.25, 0.3) is 5.91 Å². The molecule has 30 heavy (non-hydrogen) atoms. The zero-order valence-electron chi connectivity index (χ0n) is 16.2. The molecule has 1 heterocycles. The predicted molar refractivity (Wildman–Crippen MR) is 123 cm³/mol. The lowest BCUT2D eigenvalue weighted by Crippen LogP contribution is -2.39. The van der Waals surface area contributed by atoms with Gasteiger partial charge in [0.2, 0.25) is 10.0 Å². The molecular formula is C21H20BrN3O3S2. The Bertz CT molecular complexity index is 1130. The predicted octanol–water partition coefficient (Wildman–Crippen LogP) is 4.16. The highest BCUT2D eigenvalue weighted by Gasteiger charge is 2.26. The van der Waals surface area contributed by atoms with Gasteiger partial charge in [0.1, 0.15) is 0 Å². The maximum absolute atomic E-state index is 13.2. The third-order valence-electron chi connectivity index (χ3n) is 4.25. The van der Waals surface area contributed by atoms with Crippen LogP contribution in [0.1, 0.15) is 16.0 Å². The molecule has 0 aliphatic heterocycles. The van der Waals surface area contributed by atoms with E-state index in [1.165, 1.54) is 23.5 Å². The summed E-state index contributed by atoms with van der Waals surface area (Å²) in [7, 11) is -3.88. The number of benzene rings is 2. The monoisotopic (exact) mass is 505 g/mol. The maximum atomic E-state index is 13.2. The molecule has 3 aromatic rings. The Morgan fingerprint density at radius 3 is 2.47 bits per heavy atom. The number of rotatable bonds is 8. The first-order chi connectivity index (χ1) is 14.4. The zero-order valence-corrected chi connectivity index (χ0v) is 19.4. The molecule has 0 saturated carbocycles. The van der Waals surface area contributed by atoms with Crippen molar-refractivity contribution in [1.82, 2.24) is 9.73 Å². The SMILES string of the molecule is Cc1ccsc1/C=N\NC(=O)CN(Cc1ccccc1)S(=O)(=O)c1ccc(Br)cc1. The Labute approximate surface area is 188 Å².